The summed E-state index contributed by atoms with van der Waals surface area (Å²) in [5.41, 5.74) is -2.01. The second kappa shape index (κ2) is 7.42. The van der Waals surface area contributed by atoms with Gasteiger partial charge in [0.15, 0.2) is 0 Å². The largest absolute Gasteiger partial charge is 0.464 e. The van der Waals surface area contributed by atoms with Gasteiger partial charge in [-0.1, -0.05) is 30.3 Å². The van der Waals surface area contributed by atoms with E-state index in [2.05, 4.69) is 0 Å². The van der Waals surface area contributed by atoms with Crippen molar-refractivity contribution in [2.75, 3.05) is 19.7 Å². The third kappa shape index (κ3) is 4.71. The third-order valence-corrected chi connectivity index (χ3v) is 4.10. The van der Waals surface area contributed by atoms with Gasteiger partial charge in [-0.3, -0.25) is 0 Å². The van der Waals surface area contributed by atoms with Gasteiger partial charge in [0.2, 0.25) is 5.67 Å². The second-order valence-corrected chi connectivity index (χ2v) is 7.33. The molecule has 138 valence electrons. The lowest BCUT2D eigenvalue weighted by Crippen LogP contribution is -2.45. The zero-order valence-corrected chi connectivity index (χ0v) is 15.3. The molecule has 5 nitrogen and oxygen atoms in total. The van der Waals surface area contributed by atoms with Crippen LogP contribution >= 0.6 is 0 Å². The quantitative estimate of drug-likeness (QED) is 0.781. The van der Waals surface area contributed by atoms with E-state index in [1.807, 2.05) is 30.3 Å². The number of ether oxygens (including phenoxy) is 2. The molecule has 1 aromatic rings. The van der Waals surface area contributed by atoms with Gasteiger partial charge in [-0.15, -0.1) is 0 Å². The van der Waals surface area contributed by atoms with Crippen LogP contribution in [0.2, 0.25) is 0 Å². The molecule has 0 aromatic heterocycles. The molecule has 25 heavy (non-hydrogen) atoms. The molecule has 0 saturated carbocycles. The summed E-state index contributed by atoms with van der Waals surface area (Å²) in [6.45, 7) is 6.73. The first-order chi connectivity index (χ1) is 11.7. The minimum Gasteiger partial charge on any atom is -0.464 e. The third-order valence-electron chi connectivity index (χ3n) is 4.10. The van der Waals surface area contributed by atoms with Crippen LogP contribution in [-0.2, 0) is 20.7 Å². The minimum absolute atomic E-state index is 0.0923. The molecule has 1 aliphatic rings. The molecule has 2 atom stereocenters. The van der Waals surface area contributed by atoms with Crippen molar-refractivity contribution in [3.8, 4) is 0 Å². The van der Waals surface area contributed by atoms with Crippen molar-refractivity contribution >= 4 is 12.1 Å². The maximum Gasteiger partial charge on any atom is 0.410 e. The average molecular weight is 351 g/mol. The average Bonchev–Trinajstić information content (AvgIpc) is 2.86. The molecule has 1 saturated heterocycles. The normalized spacial score (nSPS) is 23.4. The molecule has 0 aliphatic carbocycles. The molecule has 2 rings (SSSR count). The van der Waals surface area contributed by atoms with E-state index in [1.54, 1.807) is 27.7 Å². The van der Waals surface area contributed by atoms with Gasteiger partial charge in [-0.2, -0.15) is 0 Å². The van der Waals surface area contributed by atoms with E-state index in [1.165, 1.54) is 4.90 Å². The molecule has 1 aliphatic heterocycles. The van der Waals surface area contributed by atoms with Crippen LogP contribution in [0, 0.1) is 5.92 Å². The molecule has 0 spiro atoms. The van der Waals surface area contributed by atoms with Crippen LogP contribution in [0.25, 0.3) is 0 Å². The number of alkyl halides is 1. The zero-order valence-electron chi connectivity index (χ0n) is 15.3. The molecule has 6 heteroatoms. The van der Waals surface area contributed by atoms with Gasteiger partial charge < -0.3 is 14.4 Å². The van der Waals surface area contributed by atoms with E-state index in [4.69, 9.17) is 9.47 Å². The first kappa shape index (κ1) is 19.2. The Balaban J connectivity index is 2.21. The summed E-state index contributed by atoms with van der Waals surface area (Å²) in [5, 5.41) is 0. The molecule has 0 radical (unpaired) electrons. The lowest BCUT2D eigenvalue weighted by Gasteiger charge is -2.25. The van der Waals surface area contributed by atoms with Crippen molar-refractivity contribution in [1.29, 1.82) is 0 Å². The van der Waals surface area contributed by atoms with Crippen molar-refractivity contribution in [3.05, 3.63) is 35.9 Å². The molecule has 1 amide bonds. The summed E-state index contributed by atoms with van der Waals surface area (Å²) in [4.78, 5) is 25.8. The predicted molar refractivity (Wildman–Crippen MR) is 91.9 cm³/mol. The number of halogens is 1. The summed E-state index contributed by atoms with van der Waals surface area (Å²) < 4.78 is 25.8. The van der Waals surface area contributed by atoms with Crippen LogP contribution in [0.3, 0.4) is 0 Å². The number of esters is 1. The van der Waals surface area contributed by atoms with Gasteiger partial charge in [0.05, 0.1) is 13.2 Å². The highest BCUT2D eigenvalue weighted by atomic mass is 19.1. The van der Waals surface area contributed by atoms with Gasteiger partial charge in [-0.25, -0.2) is 14.0 Å². The number of rotatable bonds is 4. The summed E-state index contributed by atoms with van der Waals surface area (Å²) in [6, 6.07) is 9.35. The summed E-state index contributed by atoms with van der Waals surface area (Å²) in [5.74, 6) is -1.59. The maximum atomic E-state index is 15.6. The standard InChI is InChI=1S/C19H26FNO4/c1-5-24-16(22)19(20)13-21(17(23)25-18(2,3)4)12-15(19)11-14-9-7-6-8-10-14/h6-10,15H,5,11-13H2,1-4H3/t15-,19-/m1/s1. The highest BCUT2D eigenvalue weighted by Gasteiger charge is 2.55. The van der Waals surface area contributed by atoms with Crippen molar-refractivity contribution < 1.29 is 23.5 Å². The first-order valence-corrected chi connectivity index (χ1v) is 8.53. The topological polar surface area (TPSA) is 55.8 Å². The summed E-state index contributed by atoms with van der Waals surface area (Å²) in [6.07, 6.45) is -0.274. The number of carbonyl (C=O) groups excluding carboxylic acids is 2. The van der Waals surface area contributed by atoms with Crippen LogP contribution < -0.4 is 0 Å². The van der Waals surface area contributed by atoms with Crippen LogP contribution in [0.1, 0.15) is 33.3 Å². The van der Waals surface area contributed by atoms with Crippen molar-refractivity contribution in [2.45, 2.75) is 45.4 Å². The maximum absolute atomic E-state index is 15.6. The summed E-state index contributed by atoms with van der Waals surface area (Å²) >= 11 is 0. The van der Waals surface area contributed by atoms with Crippen molar-refractivity contribution in [3.63, 3.8) is 0 Å². The Bertz CT molecular complexity index is 614. The smallest absolute Gasteiger partial charge is 0.410 e. The van der Waals surface area contributed by atoms with Gasteiger partial charge in [0.25, 0.3) is 0 Å². The molecular weight excluding hydrogens is 325 g/mol. The van der Waals surface area contributed by atoms with Crippen LogP contribution in [-0.4, -0.2) is 47.9 Å². The van der Waals surface area contributed by atoms with Gasteiger partial charge >= 0.3 is 12.1 Å². The van der Waals surface area contributed by atoms with Crippen molar-refractivity contribution in [1.82, 2.24) is 4.90 Å². The van der Waals surface area contributed by atoms with Crippen LogP contribution in [0.15, 0.2) is 30.3 Å². The van der Waals surface area contributed by atoms with Crippen molar-refractivity contribution in [2.24, 2.45) is 5.92 Å². The fourth-order valence-corrected chi connectivity index (χ4v) is 2.95. The van der Waals surface area contributed by atoms with Crippen LogP contribution in [0.4, 0.5) is 9.18 Å². The lowest BCUT2D eigenvalue weighted by atomic mass is 9.87. The lowest BCUT2D eigenvalue weighted by molar-refractivity contribution is -0.159. The number of hydrogen-bond acceptors (Lipinski definition) is 4. The number of benzene rings is 1. The van der Waals surface area contributed by atoms with Gasteiger partial charge in [0.1, 0.15) is 5.60 Å². The monoisotopic (exact) mass is 351 g/mol. The minimum atomic E-state index is -2.23. The first-order valence-electron chi connectivity index (χ1n) is 8.53. The van der Waals surface area contributed by atoms with E-state index in [0.29, 0.717) is 6.42 Å². The number of carbonyl (C=O) groups is 2. The van der Waals surface area contributed by atoms with E-state index in [-0.39, 0.29) is 19.7 Å². The molecule has 0 N–H and O–H groups in total. The SMILES string of the molecule is CCOC(=O)[C@@]1(F)CN(C(=O)OC(C)(C)C)C[C@H]1Cc1ccccc1. The predicted octanol–water partition coefficient (Wildman–Crippen LogP) is 3.37. The molecule has 0 bridgehead atoms. The van der Waals surface area contributed by atoms with Gasteiger partial charge in [0, 0.05) is 12.5 Å². The Morgan fingerprint density at radius 3 is 2.48 bits per heavy atom. The molecule has 1 heterocycles. The van der Waals surface area contributed by atoms with Gasteiger partial charge in [-0.05, 0) is 39.7 Å². The Kier molecular flexibility index (Phi) is 5.70. The zero-order chi connectivity index (χ0) is 18.7. The Morgan fingerprint density at radius 2 is 1.92 bits per heavy atom. The molecule has 1 fully saturated rings. The Morgan fingerprint density at radius 1 is 1.28 bits per heavy atom. The van der Waals surface area contributed by atoms with E-state index >= 15 is 4.39 Å². The fourth-order valence-electron chi connectivity index (χ4n) is 2.95. The summed E-state index contributed by atoms with van der Waals surface area (Å²) in [7, 11) is 0. The highest BCUT2D eigenvalue weighted by Crippen LogP contribution is 2.36. The number of hydrogen-bond donors (Lipinski definition) is 0. The second-order valence-electron chi connectivity index (χ2n) is 7.33. The van der Waals surface area contributed by atoms with E-state index < -0.39 is 29.3 Å². The molecular formula is C19H26FNO4. The van der Waals surface area contributed by atoms with E-state index in [9.17, 15) is 9.59 Å². The number of amides is 1. The number of nitrogens with zero attached hydrogens (tertiary/aromatic N) is 1. The highest BCUT2D eigenvalue weighted by molar-refractivity contribution is 5.82. The Labute approximate surface area is 148 Å². The molecule has 1 aromatic carbocycles. The fraction of sp³-hybridized carbons (Fsp3) is 0.579. The van der Waals surface area contributed by atoms with E-state index in [0.717, 1.165) is 5.56 Å². The van der Waals surface area contributed by atoms with Crippen LogP contribution in [0.5, 0.6) is 0 Å². The number of likely N-dealkylation sites (tertiary alicyclic amines) is 1. The Hall–Kier alpha value is -2.11. The molecule has 0 unspecified atom stereocenters.